The van der Waals surface area contributed by atoms with E-state index in [0.29, 0.717) is 23.6 Å². The summed E-state index contributed by atoms with van der Waals surface area (Å²) in [7, 11) is 1.40. The normalized spacial score (nSPS) is 20.3. The number of benzene rings is 1. The lowest BCUT2D eigenvalue weighted by Crippen LogP contribution is -2.64. The van der Waals surface area contributed by atoms with Gasteiger partial charge >= 0.3 is 5.97 Å². The van der Waals surface area contributed by atoms with Crippen LogP contribution in [0.15, 0.2) is 59.5 Å². The number of hydrogen-bond acceptors (Lipinski definition) is 6. The van der Waals surface area contributed by atoms with Crippen molar-refractivity contribution in [3.05, 3.63) is 76.2 Å². The van der Waals surface area contributed by atoms with Crippen LogP contribution in [0.5, 0.6) is 0 Å². The van der Waals surface area contributed by atoms with Crippen LogP contribution in [0.1, 0.15) is 51.8 Å². The Bertz CT molecular complexity index is 1230. The summed E-state index contributed by atoms with van der Waals surface area (Å²) >= 11 is 0. The number of aromatic nitrogens is 2. The molecule has 0 amide bonds. The van der Waals surface area contributed by atoms with Crippen molar-refractivity contribution in [1.29, 1.82) is 0 Å². The second-order valence-electron chi connectivity index (χ2n) is 9.95. The molecule has 0 spiro atoms. The van der Waals surface area contributed by atoms with Crippen molar-refractivity contribution >= 4 is 17.4 Å². The minimum Gasteiger partial charge on any atom is -0.467 e. The molecule has 0 saturated carbocycles. The fourth-order valence-corrected chi connectivity index (χ4v) is 4.96. The van der Waals surface area contributed by atoms with Crippen molar-refractivity contribution in [2.24, 2.45) is 5.92 Å². The van der Waals surface area contributed by atoms with Gasteiger partial charge in [-0.25, -0.2) is 9.78 Å². The number of methoxy groups -OCH3 is 1. The molecular formula is C26H32N4O3. The maximum absolute atomic E-state index is 13.8. The number of esters is 1. The molecule has 3 heterocycles. The SMILES string of the molecule is COC(=O)[C@@]1(C(C)C)[C@@H](NC(C)(C)C)c2c(nc3ccccn3c2=O)N1Cc1ccccc1. The van der Waals surface area contributed by atoms with Gasteiger partial charge in [-0.05, 0) is 44.4 Å². The van der Waals surface area contributed by atoms with E-state index in [1.54, 1.807) is 16.7 Å². The lowest BCUT2D eigenvalue weighted by atomic mass is 9.77. The minimum atomic E-state index is -1.16. The summed E-state index contributed by atoms with van der Waals surface area (Å²) in [6, 6.07) is 14.8. The predicted octanol–water partition coefficient (Wildman–Crippen LogP) is 3.71. The molecule has 0 aliphatic carbocycles. The second-order valence-corrected chi connectivity index (χ2v) is 9.95. The van der Waals surface area contributed by atoms with Gasteiger partial charge in [0.2, 0.25) is 0 Å². The Hall–Kier alpha value is -3.19. The number of carbonyl (C=O) groups excluding carboxylic acids is 1. The van der Waals surface area contributed by atoms with Crippen molar-refractivity contribution in [3.63, 3.8) is 0 Å². The Labute approximate surface area is 194 Å². The van der Waals surface area contributed by atoms with Crippen molar-refractivity contribution in [2.45, 2.75) is 58.3 Å². The van der Waals surface area contributed by atoms with Crippen LogP contribution in [0.25, 0.3) is 5.65 Å². The molecule has 0 saturated heterocycles. The smallest absolute Gasteiger partial charge is 0.334 e. The van der Waals surface area contributed by atoms with E-state index in [-0.39, 0.29) is 23.0 Å². The highest BCUT2D eigenvalue weighted by Gasteiger charge is 2.62. The number of nitrogens with zero attached hydrogens (tertiary/aromatic N) is 3. The van der Waals surface area contributed by atoms with Gasteiger partial charge in [0.25, 0.3) is 5.56 Å². The van der Waals surface area contributed by atoms with Gasteiger partial charge in [-0.3, -0.25) is 9.20 Å². The first-order valence-electron chi connectivity index (χ1n) is 11.3. The summed E-state index contributed by atoms with van der Waals surface area (Å²) in [5, 5.41) is 3.59. The summed E-state index contributed by atoms with van der Waals surface area (Å²) in [5.41, 5.74) is 0.332. The first-order chi connectivity index (χ1) is 15.6. The molecule has 1 aliphatic heterocycles. The largest absolute Gasteiger partial charge is 0.467 e. The Morgan fingerprint density at radius 3 is 2.42 bits per heavy atom. The predicted molar refractivity (Wildman–Crippen MR) is 129 cm³/mol. The number of rotatable bonds is 5. The Morgan fingerprint density at radius 2 is 1.82 bits per heavy atom. The number of nitrogens with one attached hydrogen (secondary N) is 1. The minimum absolute atomic E-state index is 0.179. The van der Waals surface area contributed by atoms with Gasteiger partial charge in [0.15, 0.2) is 5.54 Å². The van der Waals surface area contributed by atoms with E-state index in [0.717, 1.165) is 5.56 Å². The van der Waals surface area contributed by atoms with Gasteiger partial charge in [0.05, 0.1) is 18.7 Å². The first kappa shape index (κ1) is 23.0. The van der Waals surface area contributed by atoms with E-state index in [2.05, 4.69) is 5.32 Å². The quantitative estimate of drug-likeness (QED) is 0.600. The van der Waals surface area contributed by atoms with E-state index in [9.17, 15) is 9.59 Å². The Morgan fingerprint density at radius 1 is 1.15 bits per heavy atom. The molecule has 3 aromatic rings. The number of hydrogen-bond donors (Lipinski definition) is 1. The van der Waals surface area contributed by atoms with Crippen LogP contribution in [0.2, 0.25) is 0 Å². The maximum Gasteiger partial charge on any atom is 0.334 e. The van der Waals surface area contributed by atoms with E-state index in [1.165, 1.54) is 7.11 Å². The zero-order chi connectivity index (χ0) is 24.0. The molecule has 1 aromatic carbocycles. The third-order valence-corrected chi connectivity index (χ3v) is 6.33. The number of carbonyl (C=O) groups is 1. The van der Waals surface area contributed by atoms with Crippen LogP contribution in [0.3, 0.4) is 0 Å². The third-order valence-electron chi connectivity index (χ3n) is 6.33. The van der Waals surface area contributed by atoms with Crippen LogP contribution < -0.4 is 15.8 Å². The summed E-state index contributed by atoms with van der Waals surface area (Å²) in [6.45, 7) is 10.5. The molecule has 7 heteroatoms. The molecular weight excluding hydrogens is 416 g/mol. The summed E-state index contributed by atoms with van der Waals surface area (Å²) in [6.07, 6.45) is 1.72. The topological polar surface area (TPSA) is 75.9 Å². The van der Waals surface area contributed by atoms with Crippen LogP contribution in [0.4, 0.5) is 5.82 Å². The Balaban J connectivity index is 2.08. The summed E-state index contributed by atoms with van der Waals surface area (Å²) < 4.78 is 6.97. The number of anilines is 1. The average molecular weight is 449 g/mol. The van der Waals surface area contributed by atoms with Gasteiger partial charge in [-0.2, -0.15) is 0 Å². The van der Waals surface area contributed by atoms with Crippen molar-refractivity contribution < 1.29 is 9.53 Å². The van der Waals surface area contributed by atoms with Gasteiger partial charge in [0, 0.05) is 18.3 Å². The van der Waals surface area contributed by atoms with E-state index in [1.807, 2.05) is 82.0 Å². The van der Waals surface area contributed by atoms with Gasteiger partial charge in [0.1, 0.15) is 11.5 Å². The van der Waals surface area contributed by atoms with E-state index in [4.69, 9.17) is 9.72 Å². The highest BCUT2D eigenvalue weighted by Crippen LogP contribution is 2.50. The summed E-state index contributed by atoms with van der Waals surface area (Å²) in [5.74, 6) is -0.0484. The van der Waals surface area contributed by atoms with Crippen molar-refractivity contribution in [1.82, 2.24) is 14.7 Å². The average Bonchev–Trinajstić information content (AvgIpc) is 3.03. The molecule has 33 heavy (non-hydrogen) atoms. The molecule has 1 aliphatic rings. The first-order valence-corrected chi connectivity index (χ1v) is 11.3. The lowest BCUT2D eigenvalue weighted by molar-refractivity contribution is -0.150. The van der Waals surface area contributed by atoms with Gasteiger partial charge in [-0.15, -0.1) is 0 Å². The van der Waals surface area contributed by atoms with Crippen LogP contribution in [-0.4, -0.2) is 33.5 Å². The zero-order valence-corrected chi connectivity index (χ0v) is 20.1. The number of ether oxygens (including phenoxy) is 1. The Kier molecular flexibility index (Phi) is 5.78. The zero-order valence-electron chi connectivity index (χ0n) is 20.1. The van der Waals surface area contributed by atoms with Gasteiger partial charge < -0.3 is 15.0 Å². The maximum atomic E-state index is 13.8. The van der Waals surface area contributed by atoms with E-state index >= 15 is 0 Å². The molecule has 1 N–H and O–H groups in total. The van der Waals surface area contributed by atoms with Gasteiger partial charge in [-0.1, -0.05) is 50.2 Å². The third kappa shape index (κ3) is 3.70. The highest BCUT2D eigenvalue weighted by atomic mass is 16.5. The molecule has 7 nitrogen and oxygen atoms in total. The number of pyridine rings is 1. The lowest BCUT2D eigenvalue weighted by Gasteiger charge is -2.45. The highest BCUT2D eigenvalue weighted by molar-refractivity contribution is 5.90. The molecule has 0 radical (unpaired) electrons. The van der Waals surface area contributed by atoms with Crippen LogP contribution in [0, 0.1) is 5.92 Å². The molecule has 0 unspecified atom stereocenters. The fourth-order valence-electron chi connectivity index (χ4n) is 4.96. The molecule has 0 bridgehead atoms. The van der Waals surface area contributed by atoms with Crippen LogP contribution >= 0.6 is 0 Å². The van der Waals surface area contributed by atoms with Crippen LogP contribution in [-0.2, 0) is 16.1 Å². The summed E-state index contributed by atoms with van der Waals surface area (Å²) in [4.78, 5) is 34.4. The molecule has 2 atom stereocenters. The number of fused-ring (bicyclic) bond motifs is 2. The second kappa shape index (κ2) is 8.30. The van der Waals surface area contributed by atoms with E-state index < -0.39 is 11.6 Å². The fraction of sp³-hybridized carbons (Fsp3) is 0.423. The monoisotopic (exact) mass is 448 g/mol. The molecule has 0 fully saturated rings. The van der Waals surface area contributed by atoms with Crippen molar-refractivity contribution in [3.8, 4) is 0 Å². The molecule has 174 valence electrons. The van der Waals surface area contributed by atoms with Crippen molar-refractivity contribution in [2.75, 3.05) is 12.0 Å². The molecule has 2 aromatic heterocycles. The molecule has 4 rings (SSSR count). The standard InChI is InChI=1S/C26H32N4O3/c1-17(2)26(24(32)33-6)21(28-25(3,4)5)20-22(30(26)16-18-12-8-7-9-13-18)27-19-14-10-11-15-29(19)23(20)31/h7-15,17,21,28H,16H2,1-6H3/t21-,26+/m0/s1.